The first-order valence-electron chi connectivity index (χ1n) is 6.22. The molecule has 0 aromatic heterocycles. The van der Waals surface area contributed by atoms with E-state index in [-0.39, 0.29) is 0 Å². The van der Waals surface area contributed by atoms with Crippen molar-refractivity contribution in [2.45, 2.75) is 19.1 Å². The summed E-state index contributed by atoms with van der Waals surface area (Å²) in [5.41, 5.74) is 3.86. The minimum atomic E-state index is 0.784. The Balaban J connectivity index is 2.05. The van der Waals surface area contributed by atoms with Crippen molar-refractivity contribution in [2.24, 2.45) is 0 Å². The van der Waals surface area contributed by atoms with E-state index in [2.05, 4.69) is 43.3 Å². The van der Waals surface area contributed by atoms with Gasteiger partial charge < -0.3 is 0 Å². The summed E-state index contributed by atoms with van der Waals surface area (Å²) in [6.07, 6.45) is 1.24. The number of benzene rings is 2. The molecular weight excluding hydrogens is 260 g/mol. The molecule has 0 amide bonds. The lowest BCUT2D eigenvalue weighted by molar-refractivity contribution is 1.10. The summed E-state index contributed by atoms with van der Waals surface area (Å²) in [6.45, 7) is 2.22. The average molecular weight is 277 g/mol. The second-order valence-corrected chi connectivity index (χ2v) is 5.80. The van der Waals surface area contributed by atoms with E-state index in [4.69, 9.17) is 11.6 Å². The van der Waals surface area contributed by atoms with E-state index in [1.807, 2.05) is 23.9 Å². The van der Waals surface area contributed by atoms with Gasteiger partial charge in [0.15, 0.2) is 0 Å². The molecule has 0 heterocycles. The molecule has 0 spiro atoms. The smallest absolute Gasteiger partial charge is 0.0406 e. The van der Waals surface area contributed by atoms with Crippen LogP contribution in [-0.4, -0.2) is 5.75 Å². The van der Waals surface area contributed by atoms with Gasteiger partial charge in [0.2, 0.25) is 0 Å². The summed E-state index contributed by atoms with van der Waals surface area (Å²) >= 11 is 7.89. The Morgan fingerprint density at radius 2 is 1.44 bits per heavy atom. The molecule has 2 aromatic carbocycles. The number of hydrogen-bond donors (Lipinski definition) is 0. The minimum absolute atomic E-state index is 0.784. The van der Waals surface area contributed by atoms with Gasteiger partial charge in [0, 0.05) is 10.8 Å². The van der Waals surface area contributed by atoms with Gasteiger partial charge in [-0.25, -0.2) is 0 Å². The first-order valence-corrected chi connectivity index (χ1v) is 7.75. The van der Waals surface area contributed by atoms with Crippen LogP contribution in [0.4, 0.5) is 0 Å². The predicted octanol–water partition coefficient (Wildman–Crippen LogP) is 5.65. The Morgan fingerprint density at radius 1 is 0.889 bits per heavy atom. The fourth-order valence-corrected chi connectivity index (χ4v) is 2.76. The number of thioether (sulfide) groups is 1. The van der Waals surface area contributed by atoms with Gasteiger partial charge in [0.25, 0.3) is 0 Å². The van der Waals surface area contributed by atoms with Crippen LogP contribution in [0.25, 0.3) is 11.1 Å². The third-order valence-electron chi connectivity index (χ3n) is 2.75. The molecule has 0 aliphatic rings. The minimum Gasteiger partial charge on any atom is -0.157 e. The van der Waals surface area contributed by atoms with E-state index in [1.165, 1.54) is 28.9 Å². The van der Waals surface area contributed by atoms with Gasteiger partial charge >= 0.3 is 0 Å². The lowest BCUT2D eigenvalue weighted by Gasteiger charge is -2.04. The Hall–Kier alpha value is -0.920. The molecule has 0 atom stereocenters. The van der Waals surface area contributed by atoms with Crippen molar-refractivity contribution in [1.82, 2.24) is 0 Å². The molecule has 94 valence electrons. The molecule has 2 aromatic rings. The first-order chi connectivity index (χ1) is 8.79. The fourth-order valence-electron chi connectivity index (χ4n) is 1.77. The summed E-state index contributed by atoms with van der Waals surface area (Å²) < 4.78 is 0. The lowest BCUT2D eigenvalue weighted by atomic mass is 10.0. The maximum atomic E-state index is 5.89. The third-order valence-corrected chi connectivity index (χ3v) is 4.24. The number of rotatable bonds is 5. The summed E-state index contributed by atoms with van der Waals surface area (Å²) in [5, 5.41) is 0.784. The zero-order valence-corrected chi connectivity index (χ0v) is 12.1. The van der Waals surface area contributed by atoms with Crippen LogP contribution in [-0.2, 0) is 5.75 Å². The van der Waals surface area contributed by atoms with Crippen LogP contribution >= 0.6 is 23.4 Å². The zero-order valence-electron chi connectivity index (χ0n) is 10.5. The molecule has 0 N–H and O–H groups in total. The quantitative estimate of drug-likeness (QED) is 0.636. The first kappa shape index (κ1) is 13.5. The van der Waals surface area contributed by atoms with Crippen LogP contribution < -0.4 is 0 Å². The highest BCUT2D eigenvalue weighted by molar-refractivity contribution is 7.98. The van der Waals surface area contributed by atoms with Gasteiger partial charge in [-0.15, -0.1) is 0 Å². The molecule has 0 saturated heterocycles. The topological polar surface area (TPSA) is 0 Å². The highest BCUT2D eigenvalue weighted by Gasteiger charge is 1.98. The monoisotopic (exact) mass is 276 g/mol. The molecule has 0 bridgehead atoms. The van der Waals surface area contributed by atoms with Gasteiger partial charge in [-0.1, -0.05) is 54.9 Å². The maximum Gasteiger partial charge on any atom is 0.0406 e. The predicted molar refractivity (Wildman–Crippen MR) is 83.3 cm³/mol. The summed E-state index contributed by atoms with van der Waals surface area (Å²) in [4.78, 5) is 0. The van der Waals surface area contributed by atoms with Crippen molar-refractivity contribution in [3.63, 3.8) is 0 Å². The zero-order chi connectivity index (χ0) is 12.8. The molecule has 2 heteroatoms. The van der Waals surface area contributed by atoms with Crippen molar-refractivity contribution in [2.75, 3.05) is 5.75 Å². The van der Waals surface area contributed by atoms with Gasteiger partial charge in [-0.2, -0.15) is 11.8 Å². The van der Waals surface area contributed by atoms with Crippen LogP contribution in [0.5, 0.6) is 0 Å². The summed E-state index contributed by atoms with van der Waals surface area (Å²) in [5.74, 6) is 2.34. The van der Waals surface area contributed by atoms with E-state index in [0.29, 0.717) is 0 Å². The number of halogens is 1. The standard InChI is InChI=1S/C16H17ClS/c1-2-11-18-12-13-3-5-14(6-4-13)15-7-9-16(17)10-8-15/h3-10H,2,11-12H2,1H3. The molecule has 0 saturated carbocycles. The largest absolute Gasteiger partial charge is 0.157 e. The van der Waals surface area contributed by atoms with Crippen LogP contribution in [0.2, 0.25) is 5.02 Å². The lowest BCUT2D eigenvalue weighted by Crippen LogP contribution is -1.83. The van der Waals surface area contributed by atoms with Crippen molar-refractivity contribution < 1.29 is 0 Å². The fraction of sp³-hybridized carbons (Fsp3) is 0.250. The van der Waals surface area contributed by atoms with Crippen molar-refractivity contribution in [3.8, 4) is 11.1 Å². The van der Waals surface area contributed by atoms with Gasteiger partial charge in [0.1, 0.15) is 0 Å². The van der Waals surface area contributed by atoms with E-state index < -0.39 is 0 Å². The van der Waals surface area contributed by atoms with Gasteiger partial charge in [-0.05, 0) is 41.0 Å². The molecule has 0 radical (unpaired) electrons. The molecule has 18 heavy (non-hydrogen) atoms. The van der Waals surface area contributed by atoms with Crippen molar-refractivity contribution in [3.05, 3.63) is 59.1 Å². The third kappa shape index (κ3) is 3.79. The second-order valence-electron chi connectivity index (χ2n) is 4.26. The van der Waals surface area contributed by atoms with E-state index in [9.17, 15) is 0 Å². The Kier molecular flexibility index (Phi) is 5.15. The summed E-state index contributed by atoms with van der Waals surface area (Å²) in [6, 6.07) is 16.8. The van der Waals surface area contributed by atoms with Gasteiger partial charge in [0.05, 0.1) is 0 Å². The van der Waals surface area contributed by atoms with Crippen molar-refractivity contribution in [1.29, 1.82) is 0 Å². The molecule has 0 nitrogen and oxygen atoms in total. The molecule has 0 aliphatic heterocycles. The normalized spacial score (nSPS) is 10.6. The molecule has 0 fully saturated rings. The molecule has 0 unspecified atom stereocenters. The molecular formula is C16H17ClS. The second kappa shape index (κ2) is 6.86. The Labute approximate surface area is 118 Å². The SMILES string of the molecule is CCCSCc1ccc(-c2ccc(Cl)cc2)cc1. The molecule has 0 aliphatic carbocycles. The van der Waals surface area contributed by atoms with Crippen molar-refractivity contribution >= 4 is 23.4 Å². The van der Waals surface area contributed by atoms with Crippen LogP contribution in [0, 0.1) is 0 Å². The Bertz CT molecular complexity index is 473. The Morgan fingerprint density at radius 3 is 2.00 bits per heavy atom. The summed E-state index contributed by atoms with van der Waals surface area (Å²) in [7, 11) is 0. The molecule has 2 rings (SSSR count). The van der Waals surface area contributed by atoms with Crippen LogP contribution in [0.3, 0.4) is 0 Å². The number of hydrogen-bond acceptors (Lipinski definition) is 1. The highest BCUT2D eigenvalue weighted by atomic mass is 35.5. The van der Waals surface area contributed by atoms with E-state index in [0.717, 1.165) is 10.8 Å². The highest BCUT2D eigenvalue weighted by Crippen LogP contribution is 2.23. The average Bonchev–Trinajstić information content (AvgIpc) is 2.41. The maximum absolute atomic E-state index is 5.89. The van der Waals surface area contributed by atoms with E-state index >= 15 is 0 Å². The van der Waals surface area contributed by atoms with Gasteiger partial charge in [-0.3, -0.25) is 0 Å². The van der Waals surface area contributed by atoms with Crippen LogP contribution in [0.15, 0.2) is 48.5 Å². The van der Waals surface area contributed by atoms with E-state index in [1.54, 1.807) is 0 Å². The van der Waals surface area contributed by atoms with Crippen LogP contribution in [0.1, 0.15) is 18.9 Å².